The van der Waals surface area contributed by atoms with E-state index >= 15 is 0 Å². The van der Waals surface area contributed by atoms with E-state index in [1.807, 2.05) is 25.1 Å². The number of nitrogens with zero attached hydrogens (tertiary/aromatic N) is 5. The van der Waals surface area contributed by atoms with Crippen LogP contribution in [0, 0.1) is 5.82 Å². The molecular formula is C25H25BrFN5O3S. The van der Waals surface area contributed by atoms with Crippen LogP contribution in [-0.4, -0.2) is 64.8 Å². The van der Waals surface area contributed by atoms with E-state index in [0.29, 0.717) is 41.3 Å². The molecule has 3 aromatic heterocycles. The van der Waals surface area contributed by atoms with E-state index < -0.39 is 11.3 Å². The quantitative estimate of drug-likeness (QED) is 0.374. The van der Waals surface area contributed by atoms with E-state index in [-0.39, 0.29) is 11.5 Å². The second-order valence-corrected chi connectivity index (χ2v) is 10.9. The van der Waals surface area contributed by atoms with Gasteiger partial charge in [0.05, 0.1) is 23.4 Å². The highest BCUT2D eigenvalue weighted by Crippen LogP contribution is 2.32. The molecule has 188 valence electrons. The second-order valence-electron chi connectivity index (χ2n) is 8.91. The Labute approximate surface area is 219 Å². The molecule has 0 spiro atoms. The van der Waals surface area contributed by atoms with Crippen LogP contribution < -0.4 is 10.5 Å². The van der Waals surface area contributed by atoms with E-state index in [0.717, 1.165) is 34.8 Å². The Balaban J connectivity index is 1.49. The average Bonchev–Trinajstić information content (AvgIpc) is 3.31. The van der Waals surface area contributed by atoms with Crippen molar-refractivity contribution in [2.45, 2.75) is 13.0 Å². The summed E-state index contributed by atoms with van der Waals surface area (Å²) < 4.78 is 21.2. The van der Waals surface area contributed by atoms with Crippen molar-refractivity contribution in [2.75, 3.05) is 45.3 Å². The number of fused-ring (bicyclic) bond motifs is 1. The zero-order valence-electron chi connectivity index (χ0n) is 19.9. The van der Waals surface area contributed by atoms with E-state index in [2.05, 4.69) is 30.8 Å². The molecule has 0 amide bonds. The Hall–Kier alpha value is -2.86. The molecule has 0 radical (unpaired) electrons. The third-order valence-corrected chi connectivity index (χ3v) is 7.58. The van der Waals surface area contributed by atoms with Gasteiger partial charge in [-0.25, -0.2) is 14.4 Å². The number of hydrogen-bond acceptors (Lipinski definition) is 8. The number of thiazole rings is 1. The summed E-state index contributed by atoms with van der Waals surface area (Å²) in [4.78, 5) is 27.2. The zero-order valence-corrected chi connectivity index (χ0v) is 22.3. The van der Waals surface area contributed by atoms with Crippen LogP contribution >= 0.6 is 27.3 Å². The van der Waals surface area contributed by atoms with Gasteiger partial charge in [0.2, 0.25) is 5.75 Å². The van der Waals surface area contributed by atoms with E-state index in [1.54, 1.807) is 24.5 Å². The molecule has 4 heterocycles. The summed E-state index contributed by atoms with van der Waals surface area (Å²) in [6.07, 6.45) is 3.96. The minimum Gasteiger partial charge on any atom is -0.501 e. The molecule has 1 fully saturated rings. The molecule has 1 aliphatic heterocycles. The van der Waals surface area contributed by atoms with Gasteiger partial charge in [-0.1, -0.05) is 6.07 Å². The zero-order chi connectivity index (χ0) is 25.4. The Morgan fingerprint density at radius 2 is 2.00 bits per heavy atom. The lowest BCUT2D eigenvalue weighted by Gasteiger charge is -2.29. The van der Waals surface area contributed by atoms with Crippen LogP contribution in [0.15, 0.2) is 45.9 Å². The number of aromatic nitrogens is 3. The van der Waals surface area contributed by atoms with Gasteiger partial charge in [0.25, 0.3) is 0 Å². The number of hydrogen-bond donors (Lipinski definition) is 1. The summed E-state index contributed by atoms with van der Waals surface area (Å²) in [5.74, 6) is -0.719. The summed E-state index contributed by atoms with van der Waals surface area (Å²) in [6.45, 7) is 3.29. The smallest absolute Gasteiger partial charge is 0.300 e. The SMILES string of the molecule is CN(C)Cc1cc(F)ccc1Cc1cnc(-c2nc3c(Br)cc(N4CCOCC4)cn3c(=O)c2O)s1. The minimum absolute atomic E-state index is 0.142. The highest BCUT2D eigenvalue weighted by atomic mass is 79.9. The van der Waals surface area contributed by atoms with E-state index in [1.165, 1.54) is 21.8 Å². The summed E-state index contributed by atoms with van der Waals surface area (Å²) in [7, 11) is 3.88. The summed E-state index contributed by atoms with van der Waals surface area (Å²) in [5.41, 5.74) is 2.72. The first-order valence-electron chi connectivity index (χ1n) is 11.4. The Bertz CT molecular complexity index is 1480. The van der Waals surface area contributed by atoms with Crippen LogP contribution in [0.5, 0.6) is 5.75 Å². The summed E-state index contributed by atoms with van der Waals surface area (Å²) in [6, 6.07) is 6.71. The lowest BCUT2D eigenvalue weighted by atomic mass is 10.0. The molecule has 11 heteroatoms. The van der Waals surface area contributed by atoms with Gasteiger partial charge in [0.1, 0.15) is 16.5 Å². The maximum absolute atomic E-state index is 13.8. The Morgan fingerprint density at radius 1 is 1.22 bits per heavy atom. The molecule has 0 bridgehead atoms. The fraction of sp³-hybridized carbons (Fsp3) is 0.320. The Morgan fingerprint density at radius 3 is 2.75 bits per heavy atom. The first kappa shape index (κ1) is 24.8. The van der Waals surface area contributed by atoms with Gasteiger partial charge in [0.15, 0.2) is 5.65 Å². The number of anilines is 1. The molecule has 0 aliphatic carbocycles. The first-order valence-corrected chi connectivity index (χ1v) is 13.1. The summed E-state index contributed by atoms with van der Waals surface area (Å²) >= 11 is 4.90. The van der Waals surface area contributed by atoms with Crippen LogP contribution in [0.25, 0.3) is 16.3 Å². The fourth-order valence-corrected chi connectivity index (χ4v) is 5.70. The predicted molar refractivity (Wildman–Crippen MR) is 142 cm³/mol. The van der Waals surface area contributed by atoms with E-state index in [4.69, 9.17) is 4.74 Å². The molecular weight excluding hydrogens is 549 g/mol. The van der Waals surface area contributed by atoms with Crippen LogP contribution in [0.2, 0.25) is 0 Å². The molecule has 1 N–H and O–H groups in total. The number of aromatic hydroxyl groups is 1. The fourth-order valence-electron chi connectivity index (χ4n) is 4.26. The van der Waals surface area contributed by atoms with Gasteiger partial charge in [-0.05, 0) is 59.4 Å². The van der Waals surface area contributed by atoms with Gasteiger partial charge >= 0.3 is 5.56 Å². The number of benzene rings is 1. The molecule has 4 aromatic rings. The van der Waals surface area contributed by atoms with Gasteiger partial charge in [0, 0.05) is 43.3 Å². The maximum atomic E-state index is 13.8. The predicted octanol–water partition coefficient (Wildman–Crippen LogP) is 3.91. The third-order valence-electron chi connectivity index (χ3n) is 5.99. The largest absolute Gasteiger partial charge is 0.501 e. The molecule has 0 atom stereocenters. The van der Waals surface area contributed by atoms with Gasteiger partial charge in [-0.15, -0.1) is 11.3 Å². The standard InChI is InChI=1S/C25H25BrFN5O3S/c1-30(2)13-16-9-17(27)4-3-15(16)10-19-12-28-24(36-19)21-22(33)25(34)32-14-18(11-20(26)23(32)29-21)31-5-7-35-8-6-31/h3-4,9,11-12,14,33H,5-8,10,13H2,1-2H3. The number of ether oxygens (including phenoxy) is 1. The number of rotatable bonds is 6. The molecule has 8 nitrogen and oxygen atoms in total. The molecule has 36 heavy (non-hydrogen) atoms. The molecule has 5 rings (SSSR count). The summed E-state index contributed by atoms with van der Waals surface area (Å²) in [5, 5.41) is 11.2. The van der Waals surface area contributed by atoms with Crippen molar-refractivity contribution >= 4 is 38.6 Å². The van der Waals surface area contributed by atoms with Gasteiger partial charge in [-0.3, -0.25) is 9.20 Å². The number of halogens is 2. The molecule has 1 saturated heterocycles. The van der Waals surface area contributed by atoms with Gasteiger partial charge < -0.3 is 19.6 Å². The molecule has 1 aromatic carbocycles. The van der Waals surface area contributed by atoms with Crippen molar-refractivity contribution in [1.82, 2.24) is 19.3 Å². The minimum atomic E-state index is -0.561. The van der Waals surface area contributed by atoms with Crippen molar-refractivity contribution < 1.29 is 14.2 Å². The normalized spacial score (nSPS) is 14.2. The highest BCUT2D eigenvalue weighted by Gasteiger charge is 2.21. The lowest BCUT2D eigenvalue weighted by Crippen LogP contribution is -2.36. The molecule has 0 unspecified atom stereocenters. The molecule has 0 saturated carbocycles. The van der Waals surface area contributed by atoms with Crippen molar-refractivity contribution in [1.29, 1.82) is 0 Å². The van der Waals surface area contributed by atoms with Crippen LogP contribution in [-0.2, 0) is 17.7 Å². The van der Waals surface area contributed by atoms with Crippen molar-refractivity contribution in [3.63, 3.8) is 0 Å². The monoisotopic (exact) mass is 573 g/mol. The van der Waals surface area contributed by atoms with E-state index in [9.17, 15) is 14.3 Å². The van der Waals surface area contributed by atoms with Crippen molar-refractivity contribution in [3.8, 4) is 16.5 Å². The Kier molecular flexibility index (Phi) is 7.07. The lowest BCUT2D eigenvalue weighted by molar-refractivity contribution is 0.122. The van der Waals surface area contributed by atoms with Crippen LogP contribution in [0.3, 0.4) is 0 Å². The van der Waals surface area contributed by atoms with Gasteiger partial charge in [-0.2, -0.15) is 0 Å². The number of morpholine rings is 1. The highest BCUT2D eigenvalue weighted by molar-refractivity contribution is 9.10. The second kappa shape index (κ2) is 10.3. The maximum Gasteiger partial charge on any atom is 0.300 e. The average molecular weight is 574 g/mol. The van der Waals surface area contributed by atoms with Crippen molar-refractivity contribution in [2.24, 2.45) is 0 Å². The van der Waals surface area contributed by atoms with Crippen molar-refractivity contribution in [3.05, 3.63) is 73.3 Å². The van der Waals surface area contributed by atoms with Crippen LogP contribution in [0.1, 0.15) is 16.0 Å². The molecule has 1 aliphatic rings. The topological polar surface area (TPSA) is 83.2 Å². The third kappa shape index (κ3) is 5.01. The van der Waals surface area contributed by atoms with Crippen LogP contribution in [0.4, 0.5) is 10.1 Å². The number of pyridine rings is 1. The first-order chi connectivity index (χ1) is 17.3.